The Labute approximate surface area is 252 Å². The van der Waals surface area contributed by atoms with Gasteiger partial charge in [0.2, 0.25) is 0 Å². The highest BCUT2D eigenvalue weighted by molar-refractivity contribution is 7.71. The third-order valence-electron chi connectivity index (χ3n) is 8.56. The van der Waals surface area contributed by atoms with Crippen LogP contribution in [0.25, 0.3) is 32.9 Å². The Balaban J connectivity index is 1.39. The molecule has 3 aromatic carbocycles. The minimum atomic E-state index is -0.252. The van der Waals surface area contributed by atoms with Crippen molar-refractivity contribution in [2.45, 2.75) is 123 Å². The standard InChI is InChI=1S/C38H49FOS/c1-3-5-7-9-11-13-14-16-18-29-20-22-30(23-21-29)32-25-26-33-34-27-24-31(19-17-15-12-10-8-6-4-2)36(39)37(34)40-38(41)35(33)28-32/h20-28H,3-19H2,1-2H3. The number of unbranched alkanes of at least 4 members (excludes halogenated alkanes) is 13. The van der Waals surface area contributed by atoms with Crippen LogP contribution in [0.2, 0.25) is 0 Å². The van der Waals surface area contributed by atoms with E-state index in [2.05, 4.69) is 56.3 Å². The largest absolute Gasteiger partial charge is 0.441 e. The molecule has 4 aromatic rings. The van der Waals surface area contributed by atoms with Crippen molar-refractivity contribution in [3.63, 3.8) is 0 Å². The van der Waals surface area contributed by atoms with Gasteiger partial charge in [0.1, 0.15) is 0 Å². The highest BCUT2D eigenvalue weighted by Crippen LogP contribution is 2.33. The lowest BCUT2D eigenvalue weighted by atomic mass is 9.97. The van der Waals surface area contributed by atoms with Crippen LogP contribution in [0.15, 0.2) is 59.0 Å². The first kappa shape index (κ1) is 31.4. The van der Waals surface area contributed by atoms with E-state index in [0.29, 0.717) is 10.3 Å². The first-order valence-electron chi connectivity index (χ1n) is 16.4. The van der Waals surface area contributed by atoms with Crippen LogP contribution in [0, 0.1) is 10.5 Å². The minimum absolute atomic E-state index is 0.252. The Morgan fingerprint density at radius 2 is 1.10 bits per heavy atom. The Bertz CT molecular complexity index is 1420. The molecule has 0 radical (unpaired) electrons. The molecule has 0 fully saturated rings. The first-order chi connectivity index (χ1) is 20.1. The maximum absolute atomic E-state index is 15.5. The quantitative estimate of drug-likeness (QED) is 0.0668. The number of benzene rings is 3. The zero-order valence-electron chi connectivity index (χ0n) is 25.4. The molecule has 41 heavy (non-hydrogen) atoms. The second-order valence-electron chi connectivity index (χ2n) is 11.9. The van der Waals surface area contributed by atoms with Crippen LogP contribution in [-0.2, 0) is 12.8 Å². The highest BCUT2D eigenvalue weighted by Gasteiger charge is 2.14. The molecule has 0 N–H and O–H groups in total. The number of hydrogen-bond acceptors (Lipinski definition) is 2. The van der Waals surface area contributed by atoms with Gasteiger partial charge in [-0.05, 0) is 71.6 Å². The lowest BCUT2D eigenvalue weighted by molar-refractivity contribution is 0.533. The summed E-state index contributed by atoms with van der Waals surface area (Å²) in [5.74, 6) is -0.252. The normalized spacial score (nSPS) is 11.6. The van der Waals surface area contributed by atoms with Crippen LogP contribution >= 0.6 is 12.2 Å². The van der Waals surface area contributed by atoms with Crippen LogP contribution < -0.4 is 0 Å². The molecule has 0 bridgehead atoms. The van der Waals surface area contributed by atoms with Crippen LogP contribution in [0.4, 0.5) is 4.39 Å². The average molecular weight is 573 g/mol. The van der Waals surface area contributed by atoms with E-state index in [9.17, 15) is 0 Å². The van der Waals surface area contributed by atoms with Gasteiger partial charge in [-0.1, -0.05) is 146 Å². The molecule has 1 heterocycles. The van der Waals surface area contributed by atoms with E-state index in [1.54, 1.807) is 0 Å². The van der Waals surface area contributed by atoms with Gasteiger partial charge in [-0.25, -0.2) is 4.39 Å². The zero-order valence-corrected chi connectivity index (χ0v) is 26.2. The molecule has 0 unspecified atom stereocenters. The molecule has 1 aromatic heterocycles. The third-order valence-corrected chi connectivity index (χ3v) is 8.86. The molecule has 0 atom stereocenters. The number of aryl methyl sites for hydroxylation is 2. The molecule has 0 aliphatic rings. The minimum Gasteiger partial charge on any atom is -0.441 e. The van der Waals surface area contributed by atoms with Crippen molar-refractivity contribution in [2.24, 2.45) is 0 Å². The Kier molecular flexibility index (Phi) is 12.9. The summed E-state index contributed by atoms with van der Waals surface area (Å²) in [6.45, 7) is 4.51. The molecule has 0 aliphatic carbocycles. The second-order valence-corrected chi connectivity index (χ2v) is 12.2. The van der Waals surface area contributed by atoms with Crippen molar-refractivity contribution in [2.75, 3.05) is 0 Å². The molecule has 220 valence electrons. The predicted molar refractivity (Wildman–Crippen MR) is 178 cm³/mol. The Morgan fingerprint density at radius 1 is 0.561 bits per heavy atom. The fourth-order valence-corrected chi connectivity index (χ4v) is 6.23. The number of fused-ring (bicyclic) bond motifs is 3. The summed E-state index contributed by atoms with van der Waals surface area (Å²) in [6.07, 6.45) is 21.2. The number of hydrogen-bond donors (Lipinski definition) is 0. The lowest BCUT2D eigenvalue weighted by Crippen LogP contribution is -1.94. The van der Waals surface area contributed by atoms with Gasteiger partial charge in [0, 0.05) is 10.8 Å². The van der Waals surface area contributed by atoms with Crippen molar-refractivity contribution < 1.29 is 8.81 Å². The van der Waals surface area contributed by atoms with Gasteiger partial charge >= 0.3 is 0 Å². The van der Waals surface area contributed by atoms with Crippen molar-refractivity contribution in [3.8, 4) is 11.1 Å². The maximum Gasteiger partial charge on any atom is 0.198 e. The van der Waals surface area contributed by atoms with E-state index in [0.717, 1.165) is 58.5 Å². The van der Waals surface area contributed by atoms with Gasteiger partial charge < -0.3 is 4.42 Å². The molecular formula is C38H49FOS. The van der Waals surface area contributed by atoms with Crippen LogP contribution in [0.5, 0.6) is 0 Å². The predicted octanol–water partition coefficient (Wildman–Crippen LogP) is 13.1. The van der Waals surface area contributed by atoms with E-state index >= 15 is 4.39 Å². The van der Waals surface area contributed by atoms with E-state index in [4.69, 9.17) is 16.6 Å². The summed E-state index contributed by atoms with van der Waals surface area (Å²) in [5.41, 5.74) is 4.69. The summed E-state index contributed by atoms with van der Waals surface area (Å²) in [6, 6.07) is 19.2. The number of rotatable bonds is 18. The number of halogens is 1. The van der Waals surface area contributed by atoms with E-state index in [-0.39, 0.29) is 5.82 Å². The summed E-state index contributed by atoms with van der Waals surface area (Å²) in [4.78, 5) is 0. The van der Waals surface area contributed by atoms with Crippen LogP contribution in [-0.4, -0.2) is 0 Å². The van der Waals surface area contributed by atoms with Crippen molar-refractivity contribution in [1.82, 2.24) is 0 Å². The van der Waals surface area contributed by atoms with Gasteiger partial charge in [0.05, 0.1) is 0 Å². The maximum atomic E-state index is 15.5. The molecule has 0 saturated carbocycles. The third kappa shape index (κ3) is 8.98. The lowest BCUT2D eigenvalue weighted by Gasteiger charge is -2.10. The Hall–Kier alpha value is -2.52. The van der Waals surface area contributed by atoms with Crippen LogP contribution in [0.1, 0.15) is 121 Å². The smallest absolute Gasteiger partial charge is 0.198 e. The Morgan fingerprint density at radius 3 is 1.73 bits per heavy atom. The van der Waals surface area contributed by atoms with Gasteiger partial charge in [-0.15, -0.1) is 0 Å². The molecule has 0 amide bonds. The molecular weight excluding hydrogens is 523 g/mol. The fraction of sp³-hybridized carbons (Fsp3) is 0.500. The molecule has 0 saturated heterocycles. The summed E-state index contributed by atoms with van der Waals surface area (Å²) in [7, 11) is 0. The fourth-order valence-electron chi connectivity index (χ4n) is 5.98. The highest BCUT2D eigenvalue weighted by atomic mass is 32.1. The van der Waals surface area contributed by atoms with Gasteiger partial charge in [-0.3, -0.25) is 0 Å². The monoisotopic (exact) mass is 572 g/mol. The van der Waals surface area contributed by atoms with Crippen molar-refractivity contribution in [3.05, 3.63) is 76.2 Å². The molecule has 0 spiro atoms. The van der Waals surface area contributed by atoms with E-state index in [1.807, 2.05) is 12.1 Å². The summed E-state index contributed by atoms with van der Waals surface area (Å²) >= 11 is 5.64. The van der Waals surface area contributed by atoms with Crippen molar-refractivity contribution in [1.29, 1.82) is 0 Å². The van der Waals surface area contributed by atoms with E-state index < -0.39 is 0 Å². The topological polar surface area (TPSA) is 13.1 Å². The van der Waals surface area contributed by atoms with Gasteiger partial charge in [0.25, 0.3) is 0 Å². The molecule has 4 rings (SSSR count). The van der Waals surface area contributed by atoms with Crippen LogP contribution in [0.3, 0.4) is 0 Å². The molecule has 3 heteroatoms. The molecule has 1 nitrogen and oxygen atoms in total. The second kappa shape index (κ2) is 16.8. The van der Waals surface area contributed by atoms with Gasteiger partial charge in [0.15, 0.2) is 16.1 Å². The average Bonchev–Trinajstić information content (AvgIpc) is 2.99. The summed E-state index contributed by atoms with van der Waals surface area (Å²) in [5, 5.41) is 2.61. The van der Waals surface area contributed by atoms with E-state index in [1.165, 1.54) is 89.0 Å². The molecule has 0 aliphatic heterocycles. The van der Waals surface area contributed by atoms with Gasteiger partial charge in [-0.2, -0.15) is 0 Å². The van der Waals surface area contributed by atoms with Crippen molar-refractivity contribution >= 4 is 34.0 Å². The summed E-state index contributed by atoms with van der Waals surface area (Å²) < 4.78 is 21.8. The zero-order chi connectivity index (χ0) is 28.9. The SMILES string of the molecule is CCCCCCCCCCc1ccc(-c2ccc3c(c2)c(=S)oc2c(F)c(CCCCCCCCC)ccc23)cc1. The first-order valence-corrected chi connectivity index (χ1v) is 16.8.